The van der Waals surface area contributed by atoms with Crippen LogP contribution < -0.4 is 5.32 Å². The molecule has 9 heteroatoms. The van der Waals surface area contributed by atoms with Crippen LogP contribution in [-0.4, -0.2) is 41.1 Å². The van der Waals surface area contributed by atoms with Crippen molar-refractivity contribution in [2.75, 3.05) is 6.54 Å². The van der Waals surface area contributed by atoms with E-state index in [-0.39, 0.29) is 19.4 Å². The van der Waals surface area contributed by atoms with Crippen molar-refractivity contribution in [2.45, 2.75) is 51.7 Å². The van der Waals surface area contributed by atoms with Gasteiger partial charge in [-0.2, -0.15) is 0 Å². The molecule has 0 spiro atoms. The molecule has 6 nitrogen and oxygen atoms in total. The largest absolute Gasteiger partial charge is 0.479 e. The second-order valence-corrected chi connectivity index (χ2v) is 8.38. The highest BCUT2D eigenvalue weighted by molar-refractivity contribution is 6.36. The fourth-order valence-corrected chi connectivity index (χ4v) is 2.53. The quantitative estimate of drug-likeness (QED) is 0.522. The average molecular weight is 447 g/mol. The maximum Gasteiger partial charge on any atom is 0.407 e. The second kappa shape index (κ2) is 10.6. The predicted octanol–water partition coefficient (Wildman–Crippen LogP) is 5.41. The molecule has 2 N–H and O–H groups in total. The van der Waals surface area contributed by atoms with Crippen molar-refractivity contribution in [1.29, 1.82) is 0 Å². The number of hydrogen-bond donors (Lipinski definition) is 2. The van der Waals surface area contributed by atoms with E-state index in [4.69, 9.17) is 27.9 Å². The number of amides is 1. The number of alkyl carbamates (subject to hydrolysis) is 1. The molecule has 0 aliphatic carbocycles. The maximum atomic E-state index is 14.0. The number of carbonyl (C=O) groups excluding carboxylic acids is 1. The van der Waals surface area contributed by atoms with E-state index >= 15 is 0 Å². The molecule has 0 saturated heterocycles. The topological polar surface area (TPSA) is 88.0 Å². The van der Waals surface area contributed by atoms with Gasteiger partial charge in [0.2, 0.25) is 0 Å². The minimum Gasteiger partial charge on any atom is -0.479 e. The van der Waals surface area contributed by atoms with Gasteiger partial charge in [-0.25, -0.2) is 14.0 Å². The predicted molar refractivity (Wildman–Crippen MR) is 113 cm³/mol. The fraction of sp³-hybridized carbons (Fsp3) is 0.450. The number of benzene rings is 1. The Hall–Kier alpha value is -2.12. The lowest BCUT2D eigenvalue weighted by Crippen LogP contribution is -2.33. The summed E-state index contributed by atoms with van der Waals surface area (Å²) in [6.45, 7) is 6.46. The zero-order valence-electron chi connectivity index (χ0n) is 16.8. The van der Waals surface area contributed by atoms with Gasteiger partial charge in [-0.15, -0.1) is 0 Å². The number of ether oxygens (including phenoxy) is 1. The van der Waals surface area contributed by atoms with Crippen LogP contribution in [0.3, 0.4) is 0 Å². The first kappa shape index (κ1) is 24.9. The minimum atomic E-state index is -1.55. The average Bonchev–Trinajstić information content (AvgIpc) is 2.57. The summed E-state index contributed by atoms with van der Waals surface area (Å²) in [5.41, 5.74) is -1.70. The van der Waals surface area contributed by atoms with Crippen molar-refractivity contribution in [3.63, 3.8) is 0 Å². The molecule has 0 bridgehead atoms. The number of halogens is 3. The molecule has 0 saturated carbocycles. The first-order chi connectivity index (χ1) is 13.3. The van der Waals surface area contributed by atoms with Crippen molar-refractivity contribution < 1.29 is 23.8 Å². The van der Waals surface area contributed by atoms with Gasteiger partial charge in [-0.1, -0.05) is 29.3 Å². The van der Waals surface area contributed by atoms with Crippen LogP contribution in [0.2, 0.25) is 10.0 Å². The zero-order chi connectivity index (χ0) is 22.2. The summed E-state index contributed by atoms with van der Waals surface area (Å²) in [5.74, 6) is -1.76. The first-order valence-electron chi connectivity index (χ1n) is 8.87. The Morgan fingerprint density at radius 3 is 2.48 bits per heavy atom. The highest BCUT2D eigenvalue weighted by Crippen LogP contribution is 2.24. The number of nitrogens with one attached hydrogen (secondary N) is 1. The Balaban J connectivity index is 2.69. The number of carboxylic acid groups (broad SMARTS) is 1. The SMILES string of the molecule is CC(C)(C)OC(=O)NC/C=C(/F)CCC(C)(N=Cc1ccc(Cl)cc1Cl)C(=O)O. The van der Waals surface area contributed by atoms with Crippen LogP contribution in [0.25, 0.3) is 0 Å². The number of allylic oxidation sites excluding steroid dienone is 1. The third-order valence-corrected chi connectivity index (χ3v) is 4.29. The standard InChI is InChI=1S/C20H25Cl2FN2O4/c1-19(2,3)29-18(28)24-10-8-15(23)7-9-20(4,17(26)27)25-12-13-5-6-14(21)11-16(13)22/h5-6,8,11-12H,7,9-10H2,1-4H3,(H,24,28)(H,26,27)/b15-8+,25-12?. The van der Waals surface area contributed by atoms with Gasteiger partial charge in [0.1, 0.15) is 5.60 Å². The van der Waals surface area contributed by atoms with Gasteiger partial charge >= 0.3 is 12.1 Å². The number of aliphatic carboxylic acids is 1. The van der Waals surface area contributed by atoms with Crippen molar-refractivity contribution in [1.82, 2.24) is 5.32 Å². The molecule has 0 heterocycles. The molecule has 1 atom stereocenters. The number of hydrogen-bond acceptors (Lipinski definition) is 4. The molecule has 0 aromatic heterocycles. The van der Waals surface area contributed by atoms with E-state index < -0.39 is 29.0 Å². The van der Waals surface area contributed by atoms with E-state index in [0.717, 1.165) is 6.08 Å². The zero-order valence-corrected chi connectivity index (χ0v) is 18.3. The molecule has 160 valence electrons. The smallest absolute Gasteiger partial charge is 0.407 e. The van der Waals surface area contributed by atoms with Gasteiger partial charge in [-0.05, 0) is 52.3 Å². The van der Waals surface area contributed by atoms with Crippen LogP contribution in [0.15, 0.2) is 35.1 Å². The molecule has 1 aromatic carbocycles. The molecule has 0 fully saturated rings. The van der Waals surface area contributed by atoms with Crippen molar-refractivity contribution >= 4 is 41.5 Å². The summed E-state index contributed by atoms with van der Waals surface area (Å²) in [5, 5.41) is 12.7. The molecule has 1 unspecified atom stereocenters. The third-order valence-electron chi connectivity index (χ3n) is 3.73. The summed E-state index contributed by atoms with van der Waals surface area (Å²) in [6, 6.07) is 4.73. The Morgan fingerprint density at radius 2 is 1.93 bits per heavy atom. The highest BCUT2D eigenvalue weighted by atomic mass is 35.5. The number of carboxylic acids is 1. The highest BCUT2D eigenvalue weighted by Gasteiger charge is 2.32. The Bertz CT molecular complexity index is 806. The van der Waals surface area contributed by atoms with Crippen LogP contribution in [0.5, 0.6) is 0 Å². The Kier molecular flexibility index (Phi) is 9.11. The van der Waals surface area contributed by atoms with Crippen LogP contribution >= 0.6 is 23.2 Å². The van der Waals surface area contributed by atoms with Crippen LogP contribution in [0, 0.1) is 0 Å². The Labute approximate surface area is 179 Å². The van der Waals surface area contributed by atoms with E-state index in [9.17, 15) is 19.1 Å². The molecule has 1 amide bonds. The van der Waals surface area contributed by atoms with Crippen molar-refractivity contribution in [3.05, 3.63) is 45.7 Å². The molecule has 0 aliphatic heterocycles. The number of nitrogens with zero attached hydrogens (tertiary/aromatic N) is 1. The lowest BCUT2D eigenvalue weighted by atomic mass is 9.96. The van der Waals surface area contributed by atoms with Gasteiger partial charge in [0.15, 0.2) is 5.54 Å². The minimum absolute atomic E-state index is 0.0752. The lowest BCUT2D eigenvalue weighted by molar-refractivity contribution is -0.142. The monoisotopic (exact) mass is 446 g/mol. The number of rotatable bonds is 8. The van der Waals surface area contributed by atoms with E-state index in [0.29, 0.717) is 15.6 Å². The van der Waals surface area contributed by atoms with Crippen LogP contribution in [0.4, 0.5) is 9.18 Å². The summed E-state index contributed by atoms with van der Waals surface area (Å²) < 4.78 is 19.1. The fourth-order valence-electron chi connectivity index (χ4n) is 2.07. The van der Waals surface area contributed by atoms with E-state index in [2.05, 4.69) is 10.3 Å². The molecule has 0 radical (unpaired) electrons. The van der Waals surface area contributed by atoms with Gasteiger partial charge in [0.05, 0.1) is 10.8 Å². The number of aliphatic imine (C=N–C) groups is 1. The lowest BCUT2D eigenvalue weighted by Gasteiger charge is -2.20. The van der Waals surface area contributed by atoms with E-state index in [1.807, 2.05) is 0 Å². The van der Waals surface area contributed by atoms with Gasteiger partial charge in [0, 0.05) is 29.8 Å². The maximum absolute atomic E-state index is 14.0. The second-order valence-electron chi connectivity index (χ2n) is 7.54. The van der Waals surface area contributed by atoms with E-state index in [1.54, 1.807) is 32.9 Å². The van der Waals surface area contributed by atoms with Gasteiger partial charge in [0.25, 0.3) is 0 Å². The summed E-state index contributed by atoms with van der Waals surface area (Å²) in [6.07, 6.45) is 1.58. The summed E-state index contributed by atoms with van der Waals surface area (Å²) in [7, 11) is 0. The van der Waals surface area contributed by atoms with Crippen LogP contribution in [-0.2, 0) is 9.53 Å². The molecular weight excluding hydrogens is 422 g/mol. The Morgan fingerprint density at radius 1 is 1.28 bits per heavy atom. The molecular formula is C20H25Cl2FN2O4. The van der Waals surface area contributed by atoms with Gasteiger partial charge in [-0.3, -0.25) is 4.99 Å². The van der Waals surface area contributed by atoms with Crippen LogP contribution in [0.1, 0.15) is 46.1 Å². The van der Waals surface area contributed by atoms with Crippen molar-refractivity contribution in [3.8, 4) is 0 Å². The van der Waals surface area contributed by atoms with Gasteiger partial charge < -0.3 is 15.2 Å². The molecule has 0 aliphatic rings. The van der Waals surface area contributed by atoms with Crippen molar-refractivity contribution in [2.24, 2.45) is 4.99 Å². The third kappa shape index (κ3) is 9.28. The molecule has 29 heavy (non-hydrogen) atoms. The number of carbonyl (C=O) groups is 2. The molecule has 1 rings (SSSR count). The first-order valence-corrected chi connectivity index (χ1v) is 9.63. The normalized spacial score (nSPS) is 14.5. The molecule has 1 aromatic rings. The van der Waals surface area contributed by atoms with E-state index in [1.165, 1.54) is 19.2 Å². The summed E-state index contributed by atoms with van der Waals surface area (Å²) in [4.78, 5) is 27.3. The summed E-state index contributed by atoms with van der Waals surface area (Å²) >= 11 is 11.9.